The summed E-state index contributed by atoms with van der Waals surface area (Å²) < 4.78 is 27.8. The van der Waals surface area contributed by atoms with Crippen LogP contribution in [0, 0.1) is 11.3 Å². The lowest BCUT2D eigenvalue weighted by atomic mass is 10.1. The highest BCUT2D eigenvalue weighted by atomic mass is 16.5. The molecule has 0 aliphatic rings. The maximum Gasteiger partial charge on any atom is 0.238 e. The number of nitrogens with zero attached hydrogens (tertiary/aromatic N) is 2. The maximum atomic E-state index is 9.80. The molecule has 4 rings (SSSR count). The van der Waals surface area contributed by atoms with Gasteiger partial charge in [-0.25, -0.2) is 4.99 Å². The van der Waals surface area contributed by atoms with Crippen LogP contribution in [0.25, 0.3) is 22.8 Å². The van der Waals surface area contributed by atoms with E-state index in [1.54, 1.807) is 43.7 Å². The summed E-state index contributed by atoms with van der Waals surface area (Å²) in [6.07, 6.45) is 4.66. The van der Waals surface area contributed by atoms with E-state index in [0.717, 1.165) is 5.56 Å². The summed E-state index contributed by atoms with van der Waals surface area (Å²) in [5, 5.41) is 9.80. The summed E-state index contributed by atoms with van der Waals surface area (Å²) in [5.41, 5.74) is 1.51. The minimum atomic E-state index is 0.157. The third-order valence-electron chi connectivity index (χ3n) is 4.33. The van der Waals surface area contributed by atoms with E-state index in [9.17, 15) is 5.26 Å². The van der Waals surface area contributed by atoms with Crippen molar-refractivity contribution in [1.29, 1.82) is 5.26 Å². The number of rotatable bonds is 7. The predicted octanol–water partition coefficient (Wildman–Crippen LogP) is 5.83. The summed E-state index contributed by atoms with van der Waals surface area (Å²) in [6.45, 7) is 2.40. The number of nitriles is 1. The van der Waals surface area contributed by atoms with Crippen LogP contribution >= 0.6 is 0 Å². The van der Waals surface area contributed by atoms with E-state index < -0.39 is 0 Å². The molecule has 0 spiro atoms. The number of aliphatic imine (C=N–C) groups is 1. The van der Waals surface area contributed by atoms with Crippen molar-refractivity contribution in [3.63, 3.8) is 0 Å². The number of methoxy groups -OCH3 is 1. The quantitative estimate of drug-likeness (QED) is 0.361. The zero-order valence-corrected chi connectivity index (χ0v) is 16.4. The van der Waals surface area contributed by atoms with Crippen molar-refractivity contribution < 1.29 is 22.7 Å². The molecule has 150 valence electrons. The van der Waals surface area contributed by atoms with Crippen molar-refractivity contribution >= 4 is 12.1 Å². The molecule has 0 aliphatic carbocycles. The van der Waals surface area contributed by atoms with Gasteiger partial charge in [-0.1, -0.05) is 0 Å². The second kappa shape index (κ2) is 8.45. The Hall–Kier alpha value is -4.18. The largest absolute Gasteiger partial charge is 0.493 e. The molecular formula is C23H18N2O5. The normalized spacial score (nSPS) is 11.0. The van der Waals surface area contributed by atoms with E-state index in [-0.39, 0.29) is 11.4 Å². The Kier molecular flexibility index (Phi) is 5.39. The van der Waals surface area contributed by atoms with Crippen molar-refractivity contribution in [1.82, 2.24) is 0 Å². The second-order valence-electron chi connectivity index (χ2n) is 6.15. The molecule has 0 amide bonds. The van der Waals surface area contributed by atoms with E-state index in [4.69, 9.17) is 22.7 Å². The van der Waals surface area contributed by atoms with Crippen molar-refractivity contribution in [2.24, 2.45) is 4.99 Å². The Balaban J connectivity index is 1.78. The summed E-state index contributed by atoms with van der Waals surface area (Å²) in [6, 6.07) is 14.6. The molecule has 7 heteroatoms. The molecule has 0 radical (unpaired) electrons. The molecule has 0 bridgehead atoms. The van der Waals surface area contributed by atoms with Gasteiger partial charge in [-0.2, -0.15) is 5.26 Å². The number of hydrogen-bond acceptors (Lipinski definition) is 7. The van der Waals surface area contributed by atoms with Crippen LogP contribution in [-0.4, -0.2) is 19.9 Å². The molecule has 0 fully saturated rings. The van der Waals surface area contributed by atoms with Gasteiger partial charge in [0, 0.05) is 6.21 Å². The van der Waals surface area contributed by atoms with Crippen molar-refractivity contribution in [3.05, 3.63) is 66.1 Å². The molecule has 0 N–H and O–H groups in total. The number of ether oxygens (including phenoxy) is 2. The average molecular weight is 402 g/mol. The highest BCUT2D eigenvalue weighted by Gasteiger charge is 2.26. The van der Waals surface area contributed by atoms with Crippen molar-refractivity contribution in [2.45, 2.75) is 6.92 Å². The molecule has 3 aromatic heterocycles. The second-order valence-corrected chi connectivity index (χ2v) is 6.15. The zero-order chi connectivity index (χ0) is 20.9. The van der Waals surface area contributed by atoms with Crippen LogP contribution in [0.4, 0.5) is 5.88 Å². The van der Waals surface area contributed by atoms with E-state index in [1.165, 1.54) is 12.5 Å². The summed E-state index contributed by atoms with van der Waals surface area (Å²) >= 11 is 0. The minimum Gasteiger partial charge on any atom is -0.493 e. The van der Waals surface area contributed by atoms with Gasteiger partial charge in [-0.05, 0) is 55.0 Å². The first-order valence-corrected chi connectivity index (χ1v) is 9.24. The van der Waals surface area contributed by atoms with Gasteiger partial charge in [0.1, 0.15) is 17.4 Å². The Morgan fingerprint density at radius 2 is 1.83 bits per heavy atom. The van der Waals surface area contributed by atoms with Crippen LogP contribution in [0.3, 0.4) is 0 Å². The summed E-state index contributed by atoms with van der Waals surface area (Å²) in [7, 11) is 1.58. The predicted molar refractivity (Wildman–Crippen MR) is 110 cm³/mol. The maximum absolute atomic E-state index is 9.80. The third kappa shape index (κ3) is 3.59. The van der Waals surface area contributed by atoms with Gasteiger partial charge in [0.05, 0.1) is 31.8 Å². The fraction of sp³-hybridized carbons (Fsp3) is 0.130. The van der Waals surface area contributed by atoms with E-state index in [2.05, 4.69) is 11.1 Å². The highest BCUT2D eigenvalue weighted by molar-refractivity contribution is 5.87. The first-order valence-electron chi connectivity index (χ1n) is 9.24. The molecule has 7 nitrogen and oxygen atoms in total. The molecule has 1 aromatic carbocycles. The molecule has 3 heterocycles. The Bertz CT molecular complexity index is 1200. The van der Waals surface area contributed by atoms with Crippen molar-refractivity contribution in [2.75, 3.05) is 13.7 Å². The first-order chi connectivity index (χ1) is 14.7. The standard InChI is InChI=1S/C23H18N2O5/c1-3-27-20-12-15(8-9-17(20)26-2)14-25-23-16(13-24)21(18-6-4-10-28-18)22(30-23)19-7-5-11-29-19/h4-12,14H,3H2,1-2H3. The van der Waals surface area contributed by atoms with Crippen LogP contribution in [0.1, 0.15) is 18.1 Å². The minimum absolute atomic E-state index is 0.157. The van der Waals surface area contributed by atoms with E-state index >= 15 is 0 Å². The topological polar surface area (TPSA) is 94.0 Å². The fourth-order valence-electron chi connectivity index (χ4n) is 3.03. The summed E-state index contributed by atoms with van der Waals surface area (Å²) in [5.74, 6) is 2.74. The molecule has 0 unspecified atom stereocenters. The van der Waals surface area contributed by atoms with Crippen LogP contribution in [0.15, 0.2) is 73.2 Å². The third-order valence-corrected chi connectivity index (χ3v) is 4.33. The lowest BCUT2D eigenvalue weighted by Gasteiger charge is -2.09. The number of benzene rings is 1. The SMILES string of the molecule is CCOc1cc(C=Nc2oc(-c3ccco3)c(-c3ccco3)c2C#N)ccc1OC. The van der Waals surface area contributed by atoms with Gasteiger partial charge in [-0.15, -0.1) is 0 Å². The first kappa shape index (κ1) is 19.2. The Morgan fingerprint density at radius 3 is 2.47 bits per heavy atom. The number of furan rings is 3. The molecule has 0 aliphatic heterocycles. The smallest absolute Gasteiger partial charge is 0.238 e. The Labute approximate surface area is 172 Å². The molecule has 30 heavy (non-hydrogen) atoms. The van der Waals surface area contributed by atoms with Gasteiger partial charge < -0.3 is 22.7 Å². The van der Waals surface area contributed by atoms with E-state index in [1.807, 2.05) is 19.1 Å². The molecule has 0 saturated carbocycles. The lowest BCUT2D eigenvalue weighted by molar-refractivity contribution is 0.311. The molecule has 0 saturated heterocycles. The number of hydrogen-bond donors (Lipinski definition) is 0. The van der Waals surface area contributed by atoms with Gasteiger partial charge in [-0.3, -0.25) is 0 Å². The molecule has 0 atom stereocenters. The van der Waals surface area contributed by atoms with Crippen LogP contribution < -0.4 is 9.47 Å². The zero-order valence-electron chi connectivity index (χ0n) is 16.4. The molecule has 4 aromatic rings. The lowest BCUT2D eigenvalue weighted by Crippen LogP contribution is -1.96. The van der Waals surface area contributed by atoms with E-state index in [0.29, 0.717) is 41.0 Å². The van der Waals surface area contributed by atoms with Crippen molar-refractivity contribution in [3.8, 4) is 40.4 Å². The Morgan fingerprint density at radius 1 is 1.07 bits per heavy atom. The van der Waals surface area contributed by atoms with Crippen LogP contribution in [0.2, 0.25) is 0 Å². The van der Waals surface area contributed by atoms with Crippen LogP contribution in [-0.2, 0) is 0 Å². The average Bonchev–Trinajstić information content (AvgIpc) is 3.52. The van der Waals surface area contributed by atoms with Crippen LogP contribution in [0.5, 0.6) is 11.5 Å². The summed E-state index contributed by atoms with van der Waals surface area (Å²) in [4.78, 5) is 4.41. The van der Waals surface area contributed by atoms with Gasteiger partial charge >= 0.3 is 0 Å². The highest BCUT2D eigenvalue weighted by Crippen LogP contribution is 2.42. The van der Waals surface area contributed by atoms with Gasteiger partial charge in [0.2, 0.25) is 5.88 Å². The fourth-order valence-corrected chi connectivity index (χ4v) is 3.03. The van der Waals surface area contributed by atoms with Gasteiger partial charge in [0.25, 0.3) is 0 Å². The van der Waals surface area contributed by atoms with Gasteiger partial charge in [0.15, 0.2) is 23.0 Å². The monoisotopic (exact) mass is 402 g/mol. The molecular weight excluding hydrogens is 384 g/mol.